The van der Waals surface area contributed by atoms with Gasteiger partial charge in [0.15, 0.2) is 0 Å². The van der Waals surface area contributed by atoms with Gasteiger partial charge in [0, 0.05) is 6.42 Å². The van der Waals surface area contributed by atoms with Crippen LogP contribution in [0, 0.1) is 0 Å². The maximum absolute atomic E-state index is 13.0. The average Bonchev–Trinajstić information content (AvgIpc) is 3.34. The molecule has 0 aliphatic rings. The van der Waals surface area contributed by atoms with Gasteiger partial charge in [-0.2, -0.15) is 0 Å². The first-order valence-electron chi connectivity index (χ1n) is 32.1. The van der Waals surface area contributed by atoms with Crippen molar-refractivity contribution in [2.24, 2.45) is 0 Å². The summed E-state index contributed by atoms with van der Waals surface area (Å²) in [6, 6.07) is -0.756. The summed E-state index contributed by atoms with van der Waals surface area (Å²) >= 11 is 0. The molecule has 0 aliphatic heterocycles. The lowest BCUT2D eigenvalue weighted by molar-refractivity contribution is -0.870. The van der Waals surface area contributed by atoms with Gasteiger partial charge in [-0.25, -0.2) is 4.57 Å². The van der Waals surface area contributed by atoms with Crippen molar-refractivity contribution in [3.63, 3.8) is 0 Å². The van der Waals surface area contributed by atoms with Crippen molar-refractivity contribution in [1.29, 1.82) is 0 Å². The zero-order chi connectivity index (χ0) is 52.7. The molecule has 3 atom stereocenters. The Morgan fingerprint density at radius 1 is 0.458 bits per heavy atom. The second-order valence-corrected chi connectivity index (χ2v) is 25.0. The first-order valence-corrected chi connectivity index (χ1v) is 33.5. The largest absolute Gasteiger partial charge is 0.472 e. The summed E-state index contributed by atoms with van der Waals surface area (Å²) in [5.41, 5.74) is 0. The molecular weight excluding hydrogens is 912 g/mol. The topological polar surface area (TPSA) is 105 Å². The van der Waals surface area contributed by atoms with E-state index in [9.17, 15) is 19.4 Å². The van der Waals surface area contributed by atoms with Crippen LogP contribution in [-0.2, 0) is 18.4 Å². The molecule has 0 saturated heterocycles. The number of amides is 1. The smallest absolute Gasteiger partial charge is 0.391 e. The molecule has 0 radical (unpaired) electrons. The van der Waals surface area contributed by atoms with Gasteiger partial charge in [0.2, 0.25) is 5.91 Å². The van der Waals surface area contributed by atoms with Crippen LogP contribution in [0.1, 0.15) is 335 Å². The van der Waals surface area contributed by atoms with E-state index < -0.39 is 20.0 Å². The lowest BCUT2D eigenvalue weighted by atomic mass is 10.0. The van der Waals surface area contributed by atoms with E-state index in [1.54, 1.807) is 0 Å². The number of phosphoric ester groups is 1. The number of allylic oxidation sites excluding steroid dienone is 2. The van der Waals surface area contributed by atoms with Crippen LogP contribution in [0.2, 0.25) is 0 Å². The van der Waals surface area contributed by atoms with Gasteiger partial charge in [0.1, 0.15) is 13.2 Å². The number of aliphatic hydroxyl groups is 1. The third-order valence-corrected chi connectivity index (χ3v) is 16.0. The molecule has 0 aliphatic carbocycles. The van der Waals surface area contributed by atoms with Crippen molar-refractivity contribution >= 4 is 13.7 Å². The third kappa shape index (κ3) is 57.0. The Morgan fingerprint density at radius 3 is 1.07 bits per heavy atom. The molecule has 0 saturated carbocycles. The average molecular weight is 1040 g/mol. The molecule has 0 spiro atoms. The van der Waals surface area contributed by atoms with Gasteiger partial charge in [0.05, 0.1) is 39.9 Å². The summed E-state index contributed by atoms with van der Waals surface area (Å²) in [4.78, 5) is 23.3. The number of aliphatic hydroxyl groups excluding tert-OH is 1. The Balaban J connectivity index is 3.91. The zero-order valence-corrected chi connectivity index (χ0v) is 50.1. The Labute approximate surface area is 450 Å². The van der Waals surface area contributed by atoms with Gasteiger partial charge in [-0.15, -0.1) is 0 Å². The van der Waals surface area contributed by atoms with Gasteiger partial charge in [-0.05, 0) is 38.5 Å². The molecule has 0 bridgehead atoms. The maximum Gasteiger partial charge on any atom is 0.472 e. The van der Waals surface area contributed by atoms with E-state index in [2.05, 4.69) is 31.3 Å². The highest BCUT2D eigenvalue weighted by Crippen LogP contribution is 2.43. The monoisotopic (exact) mass is 1040 g/mol. The van der Waals surface area contributed by atoms with Crippen molar-refractivity contribution in [3.05, 3.63) is 12.2 Å². The van der Waals surface area contributed by atoms with E-state index in [0.29, 0.717) is 23.9 Å². The quantitative estimate of drug-likeness (QED) is 0.0243. The number of phosphoric acid groups is 1. The molecule has 0 aromatic rings. The van der Waals surface area contributed by atoms with Crippen LogP contribution in [0.3, 0.4) is 0 Å². The normalized spacial score (nSPS) is 13.8. The first-order chi connectivity index (χ1) is 35.0. The Hall–Kier alpha value is -0.760. The van der Waals surface area contributed by atoms with Gasteiger partial charge in [-0.1, -0.05) is 302 Å². The standard InChI is InChI=1S/C63H127N2O6P/c1-6-8-10-12-14-16-18-20-22-23-24-25-26-27-28-29-30-31-32-33-34-35-36-37-38-39-40-41-43-45-47-49-51-53-55-57-63(67)64-61(60-71-72(68,69)70-59-58-65(3,4)5)62(66)56-54-52-50-48-46-44-42-21-19-17-15-13-11-9-7-2/h23-24,61-62,66H,6-22,25-60H2,1-5H3,(H-,64,67,68,69)/p+1/b24-23-. The van der Waals surface area contributed by atoms with E-state index in [4.69, 9.17) is 9.05 Å². The summed E-state index contributed by atoms with van der Waals surface area (Å²) in [6.45, 7) is 4.94. The Bertz CT molecular complexity index is 1180. The molecule has 0 fully saturated rings. The van der Waals surface area contributed by atoms with Crippen LogP contribution in [0.4, 0.5) is 0 Å². The minimum Gasteiger partial charge on any atom is -0.391 e. The number of nitrogens with zero attached hydrogens (tertiary/aromatic N) is 1. The minimum atomic E-state index is -4.32. The molecule has 72 heavy (non-hydrogen) atoms. The summed E-state index contributed by atoms with van der Waals surface area (Å²) in [6.07, 6.45) is 68.7. The fourth-order valence-corrected chi connectivity index (χ4v) is 10.7. The predicted molar refractivity (Wildman–Crippen MR) is 314 cm³/mol. The highest BCUT2D eigenvalue weighted by molar-refractivity contribution is 7.47. The highest BCUT2D eigenvalue weighted by atomic mass is 31.2. The molecule has 0 aromatic heterocycles. The molecule has 9 heteroatoms. The van der Waals surface area contributed by atoms with Gasteiger partial charge >= 0.3 is 7.82 Å². The molecule has 0 heterocycles. The second-order valence-electron chi connectivity index (χ2n) is 23.5. The molecule has 0 aromatic carbocycles. The number of carbonyl (C=O) groups excluding carboxylic acids is 1. The third-order valence-electron chi connectivity index (χ3n) is 15.0. The van der Waals surface area contributed by atoms with Crippen LogP contribution >= 0.6 is 7.82 Å². The van der Waals surface area contributed by atoms with Crippen molar-refractivity contribution in [2.75, 3.05) is 40.9 Å². The Morgan fingerprint density at radius 2 is 0.750 bits per heavy atom. The van der Waals surface area contributed by atoms with Crippen molar-refractivity contribution < 1.29 is 32.9 Å². The fourth-order valence-electron chi connectivity index (χ4n) is 9.99. The first kappa shape index (κ1) is 71.2. The zero-order valence-electron chi connectivity index (χ0n) is 49.2. The van der Waals surface area contributed by atoms with E-state index >= 15 is 0 Å². The van der Waals surface area contributed by atoms with Crippen LogP contribution < -0.4 is 5.32 Å². The molecule has 1 amide bonds. The SMILES string of the molecule is CCCCCCCCCC/C=C\CCCCCCCCCCCCCCCCCCCCCCCCCC(=O)NC(COP(=O)(O)OCC[N+](C)(C)C)C(O)CCCCCCCCCCCCCCCCC. The number of quaternary nitrogens is 1. The summed E-state index contributed by atoms with van der Waals surface area (Å²) in [7, 11) is 1.63. The number of rotatable bonds is 60. The van der Waals surface area contributed by atoms with Crippen molar-refractivity contribution in [3.8, 4) is 0 Å². The van der Waals surface area contributed by atoms with E-state index in [1.165, 1.54) is 270 Å². The van der Waals surface area contributed by atoms with Crippen LogP contribution in [-0.4, -0.2) is 73.4 Å². The van der Waals surface area contributed by atoms with Crippen molar-refractivity contribution in [1.82, 2.24) is 5.32 Å². The van der Waals surface area contributed by atoms with Crippen molar-refractivity contribution in [2.45, 2.75) is 347 Å². The van der Waals surface area contributed by atoms with E-state index in [1.807, 2.05) is 21.1 Å². The van der Waals surface area contributed by atoms with Gasteiger partial charge < -0.3 is 19.8 Å². The summed E-state index contributed by atoms with van der Waals surface area (Å²) < 4.78 is 23.8. The van der Waals surface area contributed by atoms with Gasteiger partial charge in [0.25, 0.3) is 0 Å². The van der Waals surface area contributed by atoms with Crippen LogP contribution in [0.25, 0.3) is 0 Å². The van der Waals surface area contributed by atoms with E-state index in [-0.39, 0.29) is 19.1 Å². The van der Waals surface area contributed by atoms with Gasteiger partial charge in [-0.3, -0.25) is 13.8 Å². The van der Waals surface area contributed by atoms with Crippen LogP contribution in [0.5, 0.6) is 0 Å². The summed E-state index contributed by atoms with van der Waals surface area (Å²) in [5, 5.41) is 14.1. The fraction of sp³-hybridized carbons (Fsp3) is 0.952. The number of hydrogen-bond acceptors (Lipinski definition) is 5. The Kier molecular flexibility index (Phi) is 54.4. The van der Waals surface area contributed by atoms with Crippen LogP contribution in [0.15, 0.2) is 12.2 Å². The lowest BCUT2D eigenvalue weighted by Gasteiger charge is -2.26. The lowest BCUT2D eigenvalue weighted by Crippen LogP contribution is -2.46. The number of hydrogen-bond donors (Lipinski definition) is 3. The number of likely N-dealkylation sites (N-methyl/N-ethyl adjacent to an activating group) is 1. The molecule has 3 unspecified atom stereocenters. The maximum atomic E-state index is 13.0. The molecule has 430 valence electrons. The number of carbonyl (C=O) groups is 1. The molecule has 8 nitrogen and oxygen atoms in total. The molecular formula is C63H128N2O6P+. The minimum absolute atomic E-state index is 0.0783. The number of unbranched alkanes of at least 4 members (excludes halogenated alkanes) is 45. The number of nitrogens with one attached hydrogen (secondary N) is 1. The predicted octanol–water partition coefficient (Wildman–Crippen LogP) is 19.8. The molecule has 3 N–H and O–H groups in total. The highest BCUT2D eigenvalue weighted by Gasteiger charge is 2.28. The van der Waals surface area contributed by atoms with E-state index in [0.717, 1.165) is 38.5 Å². The molecule has 0 rings (SSSR count). The second kappa shape index (κ2) is 55.0. The summed E-state index contributed by atoms with van der Waals surface area (Å²) in [5.74, 6) is -0.137.